The van der Waals surface area contributed by atoms with Crippen molar-refractivity contribution in [1.82, 2.24) is 19.5 Å². The van der Waals surface area contributed by atoms with Gasteiger partial charge >= 0.3 is 0 Å². The van der Waals surface area contributed by atoms with Gasteiger partial charge in [0.25, 0.3) is 0 Å². The molecule has 260 valence electrons. The van der Waals surface area contributed by atoms with Gasteiger partial charge in [0.15, 0.2) is 11.6 Å². The average molecular weight is 731 g/mol. The van der Waals surface area contributed by atoms with E-state index in [9.17, 15) is 0 Å². The van der Waals surface area contributed by atoms with E-state index < -0.39 is 0 Å². The highest BCUT2D eigenvalue weighted by molar-refractivity contribution is 7.25. The van der Waals surface area contributed by atoms with E-state index >= 15 is 0 Å². The first-order valence-corrected chi connectivity index (χ1v) is 19.7. The quantitative estimate of drug-likeness (QED) is 0.169. The summed E-state index contributed by atoms with van der Waals surface area (Å²) in [4.78, 5) is 15.3. The van der Waals surface area contributed by atoms with Crippen molar-refractivity contribution in [2.24, 2.45) is 0 Å². The van der Waals surface area contributed by atoms with Gasteiger partial charge in [-0.05, 0) is 79.8 Å². The highest BCUT2D eigenvalue weighted by atomic mass is 32.1. The standard InChI is InChI=1S/C51H30N4S/c1-3-13-31(14-4-1)49-52-50(32-15-5-2-6-16-32)54-51(53-49)55-45-21-11-9-19-38(45)44-29-42-37-25-23-33(27-41(37)35-17-7-8-18-36(35)43(42)30-46(44)55)34-24-26-40-39-20-10-12-22-47(39)56-48(40)28-34/h1-30H. The normalized spacial score (nSPS) is 11.9. The molecular weight excluding hydrogens is 701 g/mol. The second-order valence-corrected chi connectivity index (χ2v) is 15.5. The third kappa shape index (κ3) is 4.75. The molecule has 9 aromatic carbocycles. The van der Waals surface area contributed by atoms with Gasteiger partial charge in [-0.3, -0.25) is 4.57 Å². The van der Waals surface area contributed by atoms with Gasteiger partial charge in [0.05, 0.1) is 11.0 Å². The molecule has 0 saturated heterocycles. The Balaban J connectivity index is 1.12. The first-order valence-electron chi connectivity index (χ1n) is 18.9. The molecule has 0 N–H and O–H groups in total. The molecule has 3 aromatic heterocycles. The van der Waals surface area contributed by atoms with Crippen LogP contribution in [-0.4, -0.2) is 19.5 Å². The summed E-state index contributed by atoms with van der Waals surface area (Å²) < 4.78 is 4.86. The fourth-order valence-electron chi connectivity index (χ4n) is 8.61. The fourth-order valence-corrected chi connectivity index (χ4v) is 9.76. The third-order valence-corrected chi connectivity index (χ3v) is 12.4. The minimum Gasteiger partial charge on any atom is -0.278 e. The molecule has 0 atom stereocenters. The Morgan fingerprint density at radius 3 is 1.54 bits per heavy atom. The highest BCUT2D eigenvalue weighted by Gasteiger charge is 2.20. The molecule has 0 unspecified atom stereocenters. The molecule has 0 fully saturated rings. The second kappa shape index (κ2) is 12.2. The molecule has 0 aliphatic heterocycles. The minimum atomic E-state index is 0.591. The molecule has 12 rings (SSSR count). The molecule has 0 bridgehead atoms. The Kier molecular flexibility index (Phi) is 6.76. The number of aromatic nitrogens is 4. The van der Waals surface area contributed by atoms with Crippen molar-refractivity contribution >= 4 is 85.6 Å². The maximum Gasteiger partial charge on any atom is 0.238 e. The van der Waals surface area contributed by atoms with E-state index in [1.807, 2.05) is 47.7 Å². The first kappa shape index (κ1) is 31.2. The highest BCUT2D eigenvalue weighted by Crippen LogP contribution is 2.43. The number of hydrogen-bond acceptors (Lipinski definition) is 4. The van der Waals surface area contributed by atoms with Crippen molar-refractivity contribution < 1.29 is 0 Å². The third-order valence-electron chi connectivity index (χ3n) is 11.2. The topological polar surface area (TPSA) is 43.6 Å². The van der Waals surface area contributed by atoms with Crippen molar-refractivity contribution in [3.8, 4) is 39.9 Å². The summed E-state index contributed by atoms with van der Waals surface area (Å²) in [6.45, 7) is 0. The van der Waals surface area contributed by atoms with Gasteiger partial charge in [-0.2, -0.15) is 9.97 Å². The van der Waals surface area contributed by atoms with Crippen LogP contribution in [0, 0.1) is 0 Å². The van der Waals surface area contributed by atoms with Crippen LogP contribution < -0.4 is 0 Å². The minimum absolute atomic E-state index is 0.591. The molecule has 0 saturated carbocycles. The molecular formula is C51H30N4S. The number of nitrogens with zero attached hydrogens (tertiary/aromatic N) is 4. The lowest BCUT2D eigenvalue weighted by Crippen LogP contribution is -2.06. The first-order chi connectivity index (χ1) is 27.7. The Hall–Kier alpha value is -7.21. The molecule has 0 spiro atoms. The number of thiophene rings is 1. The Morgan fingerprint density at radius 2 is 0.821 bits per heavy atom. The predicted octanol–water partition coefficient (Wildman–Crippen LogP) is 13.8. The van der Waals surface area contributed by atoms with Crippen LogP contribution in [-0.2, 0) is 0 Å². The van der Waals surface area contributed by atoms with E-state index in [-0.39, 0.29) is 0 Å². The largest absolute Gasteiger partial charge is 0.278 e. The summed E-state index contributed by atoms with van der Waals surface area (Å²) >= 11 is 1.87. The SMILES string of the molecule is c1ccc(-c2nc(-c3ccccc3)nc(-n3c4ccccc4c4cc5c6ccc(-c7ccc8c(c7)sc7ccccc78)cc6c6ccccc6c5cc43)n2)cc1. The number of hydrogen-bond donors (Lipinski definition) is 0. The van der Waals surface area contributed by atoms with Gasteiger partial charge in [0, 0.05) is 42.1 Å². The van der Waals surface area contributed by atoms with E-state index in [1.165, 1.54) is 63.6 Å². The molecule has 0 aliphatic carbocycles. The molecule has 12 aromatic rings. The Bertz CT molecular complexity index is 3470. The summed E-state index contributed by atoms with van der Waals surface area (Å²) in [6.07, 6.45) is 0. The van der Waals surface area contributed by atoms with Crippen LogP contribution in [0.5, 0.6) is 0 Å². The molecule has 4 nitrogen and oxygen atoms in total. The summed E-state index contributed by atoms with van der Waals surface area (Å²) in [5.74, 6) is 1.87. The zero-order valence-electron chi connectivity index (χ0n) is 30.0. The smallest absolute Gasteiger partial charge is 0.238 e. The van der Waals surface area contributed by atoms with Crippen molar-refractivity contribution in [1.29, 1.82) is 0 Å². The lowest BCUT2D eigenvalue weighted by molar-refractivity contribution is 0.954. The number of para-hydroxylation sites is 1. The van der Waals surface area contributed by atoms with Crippen LogP contribution in [0.3, 0.4) is 0 Å². The molecule has 3 heterocycles. The fraction of sp³-hybridized carbons (Fsp3) is 0. The van der Waals surface area contributed by atoms with Gasteiger partial charge in [0.2, 0.25) is 5.95 Å². The van der Waals surface area contributed by atoms with Crippen LogP contribution >= 0.6 is 11.3 Å². The number of benzene rings is 9. The van der Waals surface area contributed by atoms with E-state index in [2.05, 4.69) is 150 Å². The summed E-state index contributed by atoms with van der Waals surface area (Å²) in [7, 11) is 0. The van der Waals surface area contributed by atoms with Gasteiger partial charge in [0.1, 0.15) is 0 Å². The zero-order valence-corrected chi connectivity index (χ0v) is 30.8. The van der Waals surface area contributed by atoms with Gasteiger partial charge < -0.3 is 0 Å². The lowest BCUT2D eigenvalue weighted by atomic mass is 9.91. The summed E-state index contributed by atoms with van der Waals surface area (Å²) in [6, 6.07) is 65.1. The van der Waals surface area contributed by atoms with Crippen LogP contribution in [0.2, 0.25) is 0 Å². The predicted molar refractivity (Wildman–Crippen MR) is 236 cm³/mol. The monoisotopic (exact) mass is 730 g/mol. The zero-order chi connectivity index (χ0) is 36.7. The summed E-state index contributed by atoms with van der Waals surface area (Å²) in [5.41, 5.74) is 6.45. The van der Waals surface area contributed by atoms with Gasteiger partial charge in [-0.1, -0.05) is 146 Å². The van der Waals surface area contributed by atoms with Crippen LogP contribution in [0.1, 0.15) is 0 Å². The molecule has 0 amide bonds. The molecule has 56 heavy (non-hydrogen) atoms. The van der Waals surface area contributed by atoms with E-state index in [1.54, 1.807) is 0 Å². The molecule has 0 radical (unpaired) electrons. The van der Waals surface area contributed by atoms with Crippen LogP contribution in [0.15, 0.2) is 182 Å². The van der Waals surface area contributed by atoms with E-state index in [4.69, 9.17) is 15.0 Å². The van der Waals surface area contributed by atoms with Gasteiger partial charge in [-0.15, -0.1) is 11.3 Å². The van der Waals surface area contributed by atoms with Crippen molar-refractivity contribution in [3.63, 3.8) is 0 Å². The maximum atomic E-state index is 5.18. The van der Waals surface area contributed by atoms with Crippen LogP contribution in [0.4, 0.5) is 0 Å². The maximum absolute atomic E-state index is 5.18. The molecule has 0 aliphatic rings. The van der Waals surface area contributed by atoms with Crippen LogP contribution in [0.25, 0.3) is 114 Å². The van der Waals surface area contributed by atoms with Gasteiger partial charge in [-0.25, -0.2) is 4.98 Å². The van der Waals surface area contributed by atoms with E-state index in [0.717, 1.165) is 32.9 Å². The van der Waals surface area contributed by atoms with Crippen molar-refractivity contribution in [2.45, 2.75) is 0 Å². The average Bonchev–Trinajstić information content (AvgIpc) is 3.81. The second-order valence-electron chi connectivity index (χ2n) is 14.4. The number of fused-ring (bicyclic) bond motifs is 12. The Morgan fingerprint density at radius 1 is 0.304 bits per heavy atom. The van der Waals surface area contributed by atoms with Crippen molar-refractivity contribution in [2.75, 3.05) is 0 Å². The summed E-state index contributed by atoms with van der Waals surface area (Å²) in [5, 5.41) is 12.3. The van der Waals surface area contributed by atoms with E-state index in [0.29, 0.717) is 17.6 Å². The molecule has 5 heteroatoms. The lowest BCUT2D eigenvalue weighted by Gasteiger charge is -2.14. The van der Waals surface area contributed by atoms with Crippen molar-refractivity contribution in [3.05, 3.63) is 182 Å². The number of rotatable bonds is 4. The Labute approximate surface area is 325 Å².